The molecule has 1 aromatic rings. The third-order valence-corrected chi connectivity index (χ3v) is 3.18. The predicted octanol–water partition coefficient (Wildman–Crippen LogP) is 3.23. The number of benzene rings is 1. The van der Waals surface area contributed by atoms with Gasteiger partial charge in [0.25, 0.3) is 0 Å². The first-order chi connectivity index (χ1) is 7.22. The zero-order valence-electron chi connectivity index (χ0n) is 8.69. The number of halogens is 2. The lowest BCUT2D eigenvalue weighted by Gasteiger charge is -2.32. The molecule has 1 N–H and O–H groups in total. The van der Waals surface area contributed by atoms with Crippen LogP contribution in [0.4, 0.5) is 15.8 Å². The first-order valence-corrected chi connectivity index (χ1v) is 5.99. The summed E-state index contributed by atoms with van der Waals surface area (Å²) in [4.78, 5) is 2.22. The molecule has 2 nitrogen and oxygen atoms in total. The first-order valence-electron chi connectivity index (χ1n) is 5.20. The largest absolute Gasteiger partial charge is 0.382 e. The minimum Gasteiger partial charge on any atom is -0.382 e. The quantitative estimate of drug-likeness (QED) is 0.890. The Morgan fingerprint density at radius 1 is 1.53 bits per heavy atom. The molecule has 0 atom stereocenters. The van der Waals surface area contributed by atoms with Crippen LogP contribution in [-0.4, -0.2) is 19.6 Å². The van der Waals surface area contributed by atoms with Crippen LogP contribution in [0.15, 0.2) is 16.6 Å². The minimum absolute atomic E-state index is 0.196. The number of nitrogens with zero attached hydrogens (tertiary/aromatic N) is 1. The van der Waals surface area contributed by atoms with E-state index in [1.807, 2.05) is 6.07 Å². The Labute approximate surface area is 97.6 Å². The molecule has 1 aromatic carbocycles. The van der Waals surface area contributed by atoms with Gasteiger partial charge in [0.15, 0.2) is 0 Å². The fourth-order valence-corrected chi connectivity index (χ4v) is 2.23. The lowest BCUT2D eigenvalue weighted by molar-refractivity contribution is 0.618. The van der Waals surface area contributed by atoms with E-state index in [1.165, 1.54) is 0 Å². The second kappa shape index (κ2) is 4.39. The van der Waals surface area contributed by atoms with Crippen LogP contribution in [0, 0.1) is 5.82 Å². The maximum absolute atomic E-state index is 13.4. The first kappa shape index (κ1) is 10.7. The summed E-state index contributed by atoms with van der Waals surface area (Å²) in [6, 6.07) is 3.41. The van der Waals surface area contributed by atoms with Gasteiger partial charge in [0, 0.05) is 25.7 Å². The molecule has 0 spiro atoms. The van der Waals surface area contributed by atoms with Crippen LogP contribution < -0.4 is 10.2 Å². The van der Waals surface area contributed by atoms with Gasteiger partial charge >= 0.3 is 0 Å². The van der Waals surface area contributed by atoms with Crippen molar-refractivity contribution >= 4 is 27.3 Å². The number of anilines is 2. The smallest absolute Gasteiger partial charge is 0.139 e. The van der Waals surface area contributed by atoms with Gasteiger partial charge < -0.3 is 10.2 Å². The van der Waals surface area contributed by atoms with Crippen molar-refractivity contribution in [3.63, 3.8) is 0 Å². The number of rotatable bonds is 2. The molecular formula is C11H14BrFN2. The zero-order valence-corrected chi connectivity index (χ0v) is 10.3. The van der Waals surface area contributed by atoms with E-state index in [0.29, 0.717) is 4.47 Å². The molecule has 0 aromatic heterocycles. The summed E-state index contributed by atoms with van der Waals surface area (Å²) in [5, 5.41) is 3.28. The van der Waals surface area contributed by atoms with Crippen LogP contribution in [-0.2, 0) is 0 Å². The second-order valence-electron chi connectivity index (χ2n) is 3.70. The van der Waals surface area contributed by atoms with Gasteiger partial charge in [0.1, 0.15) is 5.82 Å². The van der Waals surface area contributed by atoms with Gasteiger partial charge in [-0.2, -0.15) is 0 Å². The molecule has 82 valence electrons. The maximum atomic E-state index is 13.4. The average Bonchev–Trinajstić information content (AvgIpc) is 2.21. The van der Waals surface area contributed by atoms with E-state index in [0.717, 1.165) is 37.4 Å². The number of nitrogens with one attached hydrogen (secondary N) is 1. The zero-order chi connectivity index (χ0) is 10.8. The highest BCUT2D eigenvalue weighted by atomic mass is 79.9. The highest BCUT2D eigenvalue weighted by molar-refractivity contribution is 9.10. The van der Waals surface area contributed by atoms with Gasteiger partial charge in [-0.1, -0.05) is 6.92 Å². The van der Waals surface area contributed by atoms with E-state index in [1.54, 1.807) is 6.07 Å². The van der Waals surface area contributed by atoms with Gasteiger partial charge in [-0.05, 0) is 28.4 Å². The van der Waals surface area contributed by atoms with Crippen LogP contribution in [0.25, 0.3) is 0 Å². The number of fused-ring (bicyclic) bond motifs is 1. The van der Waals surface area contributed by atoms with Crippen molar-refractivity contribution in [1.29, 1.82) is 0 Å². The highest BCUT2D eigenvalue weighted by Gasteiger charge is 2.17. The Kier molecular flexibility index (Phi) is 3.14. The summed E-state index contributed by atoms with van der Waals surface area (Å²) >= 11 is 3.20. The summed E-state index contributed by atoms with van der Waals surface area (Å²) in [5.41, 5.74) is 1.99. The SMILES string of the molecule is CCCN1CCNc2cc(Br)c(F)cc21. The van der Waals surface area contributed by atoms with Gasteiger partial charge in [-0.3, -0.25) is 0 Å². The minimum atomic E-state index is -0.196. The highest BCUT2D eigenvalue weighted by Crippen LogP contribution is 2.33. The van der Waals surface area contributed by atoms with Crippen molar-refractivity contribution in [2.24, 2.45) is 0 Å². The van der Waals surface area contributed by atoms with Crippen molar-refractivity contribution in [3.8, 4) is 0 Å². The Balaban J connectivity index is 2.38. The third-order valence-electron chi connectivity index (χ3n) is 2.57. The summed E-state index contributed by atoms with van der Waals surface area (Å²) in [6.07, 6.45) is 1.08. The van der Waals surface area contributed by atoms with Gasteiger partial charge in [0.05, 0.1) is 15.8 Å². The van der Waals surface area contributed by atoms with Crippen LogP contribution in [0.2, 0.25) is 0 Å². The van der Waals surface area contributed by atoms with E-state index in [2.05, 4.69) is 33.1 Å². The lowest BCUT2D eigenvalue weighted by Crippen LogP contribution is -2.34. The van der Waals surface area contributed by atoms with E-state index in [-0.39, 0.29) is 5.82 Å². The van der Waals surface area contributed by atoms with Crippen LogP contribution in [0.3, 0.4) is 0 Å². The van der Waals surface area contributed by atoms with Crippen molar-refractivity contribution < 1.29 is 4.39 Å². The van der Waals surface area contributed by atoms with Crippen molar-refractivity contribution in [2.75, 3.05) is 29.9 Å². The molecule has 0 saturated heterocycles. The van der Waals surface area contributed by atoms with Gasteiger partial charge in [-0.25, -0.2) is 4.39 Å². The monoisotopic (exact) mass is 272 g/mol. The Morgan fingerprint density at radius 2 is 2.33 bits per heavy atom. The van der Waals surface area contributed by atoms with E-state index >= 15 is 0 Å². The molecule has 1 aliphatic rings. The Bertz CT molecular complexity index is 368. The lowest BCUT2D eigenvalue weighted by atomic mass is 10.2. The normalized spacial score (nSPS) is 14.7. The molecule has 15 heavy (non-hydrogen) atoms. The van der Waals surface area contributed by atoms with Crippen molar-refractivity contribution in [3.05, 3.63) is 22.4 Å². The molecule has 4 heteroatoms. The molecule has 0 aliphatic carbocycles. The van der Waals surface area contributed by atoms with E-state index in [9.17, 15) is 4.39 Å². The maximum Gasteiger partial charge on any atom is 0.139 e. The number of hydrogen-bond acceptors (Lipinski definition) is 2. The molecule has 0 fully saturated rings. The van der Waals surface area contributed by atoms with Crippen molar-refractivity contribution in [1.82, 2.24) is 0 Å². The molecular weight excluding hydrogens is 259 g/mol. The molecule has 0 amide bonds. The molecule has 2 rings (SSSR count). The van der Waals surface area contributed by atoms with Crippen LogP contribution >= 0.6 is 15.9 Å². The summed E-state index contributed by atoms with van der Waals surface area (Å²) in [5.74, 6) is -0.196. The fraction of sp³-hybridized carbons (Fsp3) is 0.455. The molecule has 0 bridgehead atoms. The van der Waals surface area contributed by atoms with Crippen molar-refractivity contribution in [2.45, 2.75) is 13.3 Å². The standard InChI is InChI=1S/C11H14BrFN2/c1-2-4-15-5-3-14-10-6-8(12)9(13)7-11(10)15/h6-7,14H,2-5H2,1H3. The molecule has 1 aliphatic heterocycles. The van der Waals surface area contributed by atoms with Gasteiger partial charge in [0.2, 0.25) is 0 Å². The summed E-state index contributed by atoms with van der Waals surface area (Å²) in [7, 11) is 0. The topological polar surface area (TPSA) is 15.3 Å². The van der Waals surface area contributed by atoms with E-state index < -0.39 is 0 Å². The number of hydrogen-bond donors (Lipinski definition) is 1. The van der Waals surface area contributed by atoms with Crippen LogP contribution in [0.1, 0.15) is 13.3 Å². The molecule has 1 heterocycles. The predicted molar refractivity (Wildman–Crippen MR) is 65.1 cm³/mol. The summed E-state index contributed by atoms with van der Waals surface area (Å²) < 4.78 is 13.9. The summed E-state index contributed by atoms with van der Waals surface area (Å²) in [6.45, 7) is 4.99. The average molecular weight is 273 g/mol. The Morgan fingerprint density at radius 3 is 3.07 bits per heavy atom. The second-order valence-corrected chi connectivity index (χ2v) is 4.55. The third kappa shape index (κ3) is 2.09. The Hall–Kier alpha value is -0.770. The van der Waals surface area contributed by atoms with Crippen LogP contribution in [0.5, 0.6) is 0 Å². The van der Waals surface area contributed by atoms with Gasteiger partial charge in [-0.15, -0.1) is 0 Å². The molecule has 0 unspecified atom stereocenters. The molecule has 0 radical (unpaired) electrons. The van der Waals surface area contributed by atoms with E-state index in [4.69, 9.17) is 0 Å². The fourth-order valence-electron chi connectivity index (χ4n) is 1.89. The molecule has 0 saturated carbocycles.